The fourth-order valence-electron chi connectivity index (χ4n) is 4.74. The number of amides is 1. The molecule has 0 bridgehead atoms. The molecule has 2 aromatic rings. The Morgan fingerprint density at radius 1 is 1.09 bits per heavy atom. The van der Waals surface area contributed by atoms with Crippen molar-refractivity contribution in [2.24, 2.45) is 0 Å². The van der Waals surface area contributed by atoms with Crippen molar-refractivity contribution >= 4 is 6.09 Å². The fraction of sp³-hybridized carbons (Fsp3) is 0.560. The van der Waals surface area contributed by atoms with E-state index in [1.54, 1.807) is 7.11 Å². The van der Waals surface area contributed by atoms with Crippen LogP contribution in [0, 0.1) is 6.92 Å². The molecule has 3 rings (SSSR count). The molecule has 174 valence electrons. The topological polar surface area (TPSA) is 78.8 Å². The van der Waals surface area contributed by atoms with E-state index in [0.29, 0.717) is 32.1 Å². The lowest BCUT2D eigenvalue weighted by atomic mass is 9.95. The number of aromatic nitrogens is 2. The van der Waals surface area contributed by atoms with Gasteiger partial charge in [0.25, 0.3) is 0 Å². The van der Waals surface area contributed by atoms with Crippen LogP contribution in [0.15, 0.2) is 18.2 Å². The summed E-state index contributed by atoms with van der Waals surface area (Å²) in [6.45, 7) is 10.9. The Balaban J connectivity index is 2.03. The highest BCUT2D eigenvalue weighted by atomic mass is 16.5. The van der Waals surface area contributed by atoms with Crippen LogP contribution >= 0.6 is 0 Å². The molecule has 7 heteroatoms. The van der Waals surface area contributed by atoms with Crippen molar-refractivity contribution in [1.29, 1.82) is 0 Å². The standard InChI is InChI=1S/C25H36N4O3/c1-6-10-20(28-13-15-29(16-14-28)25(30)31)21-17(4)26-23(27-24(21)32-5)22-18(7-2)11-9-12-19(22)8-3/h9,11-12,20H,6-8,10,13-16H2,1-5H3,(H,30,31). The molecule has 0 saturated carbocycles. The van der Waals surface area contributed by atoms with Gasteiger partial charge in [-0.2, -0.15) is 4.98 Å². The second-order valence-corrected chi connectivity index (χ2v) is 8.32. The van der Waals surface area contributed by atoms with Crippen molar-refractivity contribution in [2.75, 3.05) is 33.3 Å². The Labute approximate surface area is 191 Å². The van der Waals surface area contributed by atoms with Gasteiger partial charge in [0.1, 0.15) is 0 Å². The van der Waals surface area contributed by atoms with Crippen LogP contribution in [0.1, 0.15) is 62.0 Å². The Hall–Kier alpha value is -2.67. The van der Waals surface area contributed by atoms with Crippen LogP contribution in [-0.4, -0.2) is 64.3 Å². The van der Waals surface area contributed by atoms with Gasteiger partial charge in [0, 0.05) is 37.8 Å². The van der Waals surface area contributed by atoms with E-state index >= 15 is 0 Å². The van der Waals surface area contributed by atoms with Crippen molar-refractivity contribution in [3.05, 3.63) is 40.6 Å². The molecule has 1 atom stereocenters. The molecule has 0 spiro atoms. The zero-order chi connectivity index (χ0) is 23.3. The summed E-state index contributed by atoms with van der Waals surface area (Å²) in [6.07, 6.45) is 2.94. The van der Waals surface area contributed by atoms with E-state index in [0.717, 1.165) is 48.3 Å². The largest absolute Gasteiger partial charge is 0.481 e. The molecule has 1 unspecified atom stereocenters. The Morgan fingerprint density at radius 3 is 2.22 bits per heavy atom. The number of rotatable bonds is 8. The van der Waals surface area contributed by atoms with Gasteiger partial charge in [-0.3, -0.25) is 4.90 Å². The van der Waals surface area contributed by atoms with Crippen LogP contribution in [-0.2, 0) is 12.8 Å². The van der Waals surface area contributed by atoms with E-state index in [-0.39, 0.29) is 6.04 Å². The summed E-state index contributed by atoms with van der Waals surface area (Å²) in [5, 5.41) is 9.30. The fourth-order valence-corrected chi connectivity index (χ4v) is 4.74. The molecule has 1 aliphatic rings. The minimum Gasteiger partial charge on any atom is -0.481 e. The average Bonchev–Trinajstić information content (AvgIpc) is 2.81. The maximum atomic E-state index is 11.3. The number of carbonyl (C=O) groups is 1. The maximum absolute atomic E-state index is 11.3. The van der Waals surface area contributed by atoms with Crippen LogP contribution in [0.2, 0.25) is 0 Å². The lowest BCUT2D eigenvalue weighted by molar-refractivity contribution is 0.0806. The minimum atomic E-state index is -0.848. The van der Waals surface area contributed by atoms with Crippen molar-refractivity contribution in [3.8, 4) is 17.3 Å². The smallest absolute Gasteiger partial charge is 0.407 e. The first kappa shape index (κ1) is 24.0. The molecule has 32 heavy (non-hydrogen) atoms. The van der Waals surface area contributed by atoms with Crippen LogP contribution in [0.25, 0.3) is 11.4 Å². The highest BCUT2D eigenvalue weighted by molar-refractivity contribution is 5.66. The summed E-state index contributed by atoms with van der Waals surface area (Å²) >= 11 is 0. The van der Waals surface area contributed by atoms with E-state index < -0.39 is 6.09 Å². The Bertz CT molecular complexity index is 917. The lowest BCUT2D eigenvalue weighted by Crippen LogP contribution is -2.49. The van der Waals surface area contributed by atoms with Gasteiger partial charge < -0.3 is 14.7 Å². The number of piperazine rings is 1. The second kappa shape index (κ2) is 10.8. The first-order valence-corrected chi connectivity index (χ1v) is 11.7. The highest BCUT2D eigenvalue weighted by Crippen LogP contribution is 2.37. The Kier molecular flexibility index (Phi) is 8.07. The van der Waals surface area contributed by atoms with Gasteiger partial charge in [-0.05, 0) is 37.3 Å². The maximum Gasteiger partial charge on any atom is 0.407 e. The number of aryl methyl sites for hydroxylation is 3. The molecule has 1 N–H and O–H groups in total. The number of benzene rings is 1. The van der Waals surface area contributed by atoms with E-state index in [1.165, 1.54) is 16.0 Å². The molecule has 2 heterocycles. The third-order valence-electron chi connectivity index (χ3n) is 6.44. The summed E-state index contributed by atoms with van der Waals surface area (Å²) in [5.41, 5.74) is 5.56. The molecule has 1 aliphatic heterocycles. The summed E-state index contributed by atoms with van der Waals surface area (Å²) in [5.74, 6) is 1.35. The van der Waals surface area contributed by atoms with Crippen molar-refractivity contribution in [1.82, 2.24) is 19.8 Å². The third-order valence-corrected chi connectivity index (χ3v) is 6.44. The Morgan fingerprint density at radius 2 is 1.72 bits per heavy atom. The molecule has 0 aliphatic carbocycles. The molecule has 1 aromatic heterocycles. The number of carboxylic acid groups (broad SMARTS) is 1. The van der Waals surface area contributed by atoms with Crippen LogP contribution < -0.4 is 4.74 Å². The lowest BCUT2D eigenvalue weighted by Gasteiger charge is -2.39. The number of hydrogen-bond donors (Lipinski definition) is 1. The van der Waals surface area contributed by atoms with Crippen LogP contribution in [0.3, 0.4) is 0 Å². The molecule has 1 aromatic carbocycles. The van der Waals surface area contributed by atoms with E-state index in [1.807, 2.05) is 6.92 Å². The summed E-state index contributed by atoms with van der Waals surface area (Å²) in [4.78, 5) is 25.1. The van der Waals surface area contributed by atoms with Crippen molar-refractivity contribution < 1.29 is 14.6 Å². The summed E-state index contributed by atoms with van der Waals surface area (Å²) < 4.78 is 5.83. The van der Waals surface area contributed by atoms with E-state index in [4.69, 9.17) is 14.7 Å². The van der Waals surface area contributed by atoms with Gasteiger partial charge in [0.2, 0.25) is 5.88 Å². The first-order valence-electron chi connectivity index (χ1n) is 11.7. The number of ether oxygens (including phenoxy) is 1. The molecular formula is C25H36N4O3. The molecule has 0 radical (unpaired) electrons. The van der Waals surface area contributed by atoms with Crippen LogP contribution in [0.4, 0.5) is 4.79 Å². The SMILES string of the molecule is CCCC(c1c(C)nc(-c2c(CC)cccc2CC)nc1OC)N1CCN(C(=O)O)CC1. The molecule has 7 nitrogen and oxygen atoms in total. The number of nitrogens with zero attached hydrogens (tertiary/aromatic N) is 4. The van der Waals surface area contributed by atoms with Gasteiger partial charge in [0.05, 0.1) is 18.4 Å². The summed E-state index contributed by atoms with van der Waals surface area (Å²) in [6, 6.07) is 6.50. The highest BCUT2D eigenvalue weighted by Gasteiger charge is 2.31. The molecule has 1 fully saturated rings. The first-order chi connectivity index (χ1) is 15.4. The average molecular weight is 441 g/mol. The quantitative estimate of drug-likeness (QED) is 0.640. The van der Waals surface area contributed by atoms with Gasteiger partial charge in [-0.15, -0.1) is 0 Å². The van der Waals surface area contributed by atoms with Gasteiger partial charge in [0.15, 0.2) is 5.82 Å². The van der Waals surface area contributed by atoms with E-state index in [2.05, 4.69) is 43.9 Å². The van der Waals surface area contributed by atoms with E-state index in [9.17, 15) is 9.90 Å². The molecule has 1 amide bonds. The number of methoxy groups -OCH3 is 1. The third kappa shape index (κ3) is 4.88. The van der Waals surface area contributed by atoms with Crippen molar-refractivity contribution in [3.63, 3.8) is 0 Å². The zero-order valence-electron chi connectivity index (χ0n) is 20.0. The minimum absolute atomic E-state index is 0.104. The zero-order valence-corrected chi connectivity index (χ0v) is 20.0. The molecule has 1 saturated heterocycles. The van der Waals surface area contributed by atoms with Gasteiger partial charge in [-0.25, -0.2) is 9.78 Å². The van der Waals surface area contributed by atoms with Crippen molar-refractivity contribution in [2.45, 2.75) is 59.4 Å². The summed E-state index contributed by atoms with van der Waals surface area (Å²) in [7, 11) is 1.67. The normalized spacial score (nSPS) is 15.6. The predicted molar refractivity (Wildman–Crippen MR) is 126 cm³/mol. The van der Waals surface area contributed by atoms with Gasteiger partial charge >= 0.3 is 6.09 Å². The number of hydrogen-bond acceptors (Lipinski definition) is 5. The predicted octanol–water partition coefficient (Wildman–Crippen LogP) is 4.72. The monoisotopic (exact) mass is 440 g/mol. The van der Waals surface area contributed by atoms with Gasteiger partial charge in [-0.1, -0.05) is 45.4 Å². The van der Waals surface area contributed by atoms with Crippen LogP contribution in [0.5, 0.6) is 5.88 Å². The molecular weight excluding hydrogens is 404 g/mol. The second-order valence-electron chi connectivity index (χ2n) is 8.32.